The molecule has 0 unspecified atom stereocenters. The number of nitrogens with one attached hydrogen (secondary N) is 1. The van der Waals surface area contributed by atoms with Crippen LogP contribution < -0.4 is 5.32 Å². The fraction of sp³-hybridized carbons (Fsp3) is 0.667. The van der Waals surface area contributed by atoms with E-state index in [1.807, 2.05) is 0 Å². The van der Waals surface area contributed by atoms with Crippen LogP contribution >= 0.6 is 0 Å². The molecule has 1 N–H and O–H groups in total. The minimum atomic E-state index is -0.608. The maximum Gasteiger partial charge on any atom is 0.0547 e. The Hall–Kier alpha value is -0.780. The van der Waals surface area contributed by atoms with Crippen molar-refractivity contribution < 1.29 is 4.21 Å². The van der Waals surface area contributed by atoms with Gasteiger partial charge in [-0.15, -0.1) is 0 Å². The van der Waals surface area contributed by atoms with E-state index >= 15 is 0 Å². The van der Waals surface area contributed by atoms with Crippen LogP contribution in [0.3, 0.4) is 0 Å². The third-order valence-corrected chi connectivity index (χ3v) is 4.60. The van der Waals surface area contributed by atoms with Gasteiger partial charge in [0.05, 0.1) is 11.4 Å². The van der Waals surface area contributed by atoms with Crippen LogP contribution in [0, 0.1) is 0 Å². The van der Waals surface area contributed by atoms with E-state index in [0.29, 0.717) is 0 Å². The van der Waals surface area contributed by atoms with Crippen molar-refractivity contribution in [1.82, 2.24) is 15.2 Å². The molecule has 0 amide bonds. The van der Waals surface area contributed by atoms with Gasteiger partial charge in [-0.3, -0.25) is 14.1 Å². The SMILES string of the molecule is CC(C)(C)NCc1cccc(CN2CCS(=O)CC2)n1. The van der Waals surface area contributed by atoms with Crippen molar-refractivity contribution in [2.24, 2.45) is 0 Å². The van der Waals surface area contributed by atoms with Crippen LogP contribution in [0.25, 0.3) is 0 Å². The Labute approximate surface area is 124 Å². The summed E-state index contributed by atoms with van der Waals surface area (Å²) in [6.07, 6.45) is 0. The molecule has 0 radical (unpaired) electrons. The van der Waals surface area contributed by atoms with E-state index in [2.05, 4.69) is 49.2 Å². The predicted molar refractivity (Wildman–Crippen MR) is 84.0 cm³/mol. The summed E-state index contributed by atoms with van der Waals surface area (Å²) < 4.78 is 11.4. The molecule has 1 aromatic heterocycles. The van der Waals surface area contributed by atoms with E-state index in [1.165, 1.54) is 0 Å². The van der Waals surface area contributed by atoms with E-state index in [-0.39, 0.29) is 5.54 Å². The second-order valence-corrected chi connectivity index (χ2v) is 8.04. The maximum atomic E-state index is 11.4. The average Bonchev–Trinajstić information content (AvgIpc) is 2.39. The number of hydrogen-bond acceptors (Lipinski definition) is 4. The van der Waals surface area contributed by atoms with Crippen LogP contribution in [0.5, 0.6) is 0 Å². The van der Waals surface area contributed by atoms with Crippen molar-refractivity contribution >= 4 is 10.8 Å². The maximum absolute atomic E-state index is 11.4. The molecule has 1 aliphatic heterocycles. The van der Waals surface area contributed by atoms with E-state index in [4.69, 9.17) is 4.98 Å². The van der Waals surface area contributed by atoms with Gasteiger partial charge >= 0.3 is 0 Å². The lowest BCUT2D eigenvalue weighted by Gasteiger charge is -2.26. The van der Waals surface area contributed by atoms with Gasteiger partial charge in [-0.25, -0.2) is 0 Å². The molecule has 0 aliphatic carbocycles. The number of hydrogen-bond donors (Lipinski definition) is 1. The summed E-state index contributed by atoms with van der Waals surface area (Å²) in [6, 6.07) is 6.21. The number of aromatic nitrogens is 1. The van der Waals surface area contributed by atoms with Gasteiger partial charge in [0, 0.05) is 54.0 Å². The zero-order valence-electron chi connectivity index (χ0n) is 12.7. The highest BCUT2D eigenvalue weighted by Crippen LogP contribution is 2.08. The fourth-order valence-corrected chi connectivity index (χ4v) is 3.26. The lowest BCUT2D eigenvalue weighted by molar-refractivity contribution is 0.287. The lowest BCUT2D eigenvalue weighted by atomic mass is 10.1. The molecule has 5 heteroatoms. The van der Waals surface area contributed by atoms with E-state index < -0.39 is 10.8 Å². The molecular weight excluding hydrogens is 270 g/mol. The van der Waals surface area contributed by atoms with Crippen LogP contribution in [-0.2, 0) is 23.9 Å². The van der Waals surface area contributed by atoms with Crippen molar-refractivity contribution in [3.63, 3.8) is 0 Å². The molecule has 2 rings (SSSR count). The molecule has 1 aromatic rings. The molecule has 4 nitrogen and oxygen atoms in total. The number of nitrogens with zero attached hydrogens (tertiary/aromatic N) is 2. The summed E-state index contributed by atoms with van der Waals surface area (Å²) in [6.45, 7) is 9.96. The van der Waals surface area contributed by atoms with Gasteiger partial charge < -0.3 is 5.32 Å². The highest BCUT2D eigenvalue weighted by molar-refractivity contribution is 7.85. The van der Waals surface area contributed by atoms with Gasteiger partial charge in [0.15, 0.2) is 0 Å². The van der Waals surface area contributed by atoms with Gasteiger partial charge in [0.2, 0.25) is 0 Å². The highest BCUT2D eigenvalue weighted by atomic mass is 32.2. The monoisotopic (exact) mass is 295 g/mol. The third kappa shape index (κ3) is 5.31. The standard InChI is InChI=1S/C15H25N3OS/c1-15(2,3)16-11-13-5-4-6-14(17-13)12-18-7-9-20(19)10-8-18/h4-6,16H,7-12H2,1-3H3. The number of pyridine rings is 1. The third-order valence-electron chi connectivity index (χ3n) is 3.32. The predicted octanol–water partition coefficient (Wildman–Crippen LogP) is 1.53. The summed E-state index contributed by atoms with van der Waals surface area (Å²) in [5.74, 6) is 1.59. The zero-order valence-corrected chi connectivity index (χ0v) is 13.5. The Balaban J connectivity index is 1.90. The minimum absolute atomic E-state index is 0.106. The van der Waals surface area contributed by atoms with E-state index in [0.717, 1.165) is 49.1 Å². The molecule has 112 valence electrons. The van der Waals surface area contributed by atoms with Crippen LogP contribution in [-0.4, -0.2) is 44.2 Å². The van der Waals surface area contributed by atoms with Crippen molar-refractivity contribution in [3.05, 3.63) is 29.6 Å². The minimum Gasteiger partial charge on any atom is -0.306 e. The van der Waals surface area contributed by atoms with Gasteiger partial charge in [0.1, 0.15) is 0 Å². The van der Waals surface area contributed by atoms with Crippen LogP contribution in [0.4, 0.5) is 0 Å². The molecule has 1 saturated heterocycles. The van der Waals surface area contributed by atoms with Crippen molar-refractivity contribution in [1.29, 1.82) is 0 Å². The summed E-state index contributed by atoms with van der Waals surface area (Å²) in [4.78, 5) is 7.05. The molecule has 1 fully saturated rings. The average molecular weight is 295 g/mol. The first kappa shape index (κ1) is 15.6. The van der Waals surface area contributed by atoms with Crippen LogP contribution in [0.2, 0.25) is 0 Å². The van der Waals surface area contributed by atoms with Gasteiger partial charge in [-0.1, -0.05) is 6.07 Å². The van der Waals surface area contributed by atoms with E-state index in [1.54, 1.807) is 0 Å². The molecule has 0 saturated carbocycles. The van der Waals surface area contributed by atoms with Gasteiger partial charge in [-0.2, -0.15) is 0 Å². The van der Waals surface area contributed by atoms with Crippen LogP contribution in [0.1, 0.15) is 32.2 Å². The van der Waals surface area contributed by atoms with Crippen molar-refractivity contribution in [3.8, 4) is 0 Å². The Morgan fingerprint density at radius 3 is 2.55 bits per heavy atom. The fourth-order valence-electron chi connectivity index (χ4n) is 2.13. The van der Waals surface area contributed by atoms with Gasteiger partial charge in [0.25, 0.3) is 0 Å². The van der Waals surface area contributed by atoms with Crippen molar-refractivity contribution in [2.75, 3.05) is 24.6 Å². The molecule has 0 bridgehead atoms. The molecule has 0 aromatic carbocycles. The summed E-state index contributed by atoms with van der Waals surface area (Å²) in [5, 5.41) is 3.46. The topological polar surface area (TPSA) is 45.2 Å². The second-order valence-electron chi connectivity index (χ2n) is 6.35. The quantitative estimate of drug-likeness (QED) is 0.915. The Kier molecular flexibility index (Phi) is 5.29. The van der Waals surface area contributed by atoms with Gasteiger partial charge in [-0.05, 0) is 32.9 Å². The van der Waals surface area contributed by atoms with Crippen molar-refractivity contribution in [2.45, 2.75) is 39.4 Å². The Morgan fingerprint density at radius 1 is 1.25 bits per heavy atom. The molecular formula is C15H25N3OS. The molecule has 1 aliphatic rings. The lowest BCUT2D eigenvalue weighted by Crippen LogP contribution is -2.37. The summed E-state index contributed by atoms with van der Waals surface area (Å²) in [7, 11) is -0.608. The summed E-state index contributed by atoms with van der Waals surface area (Å²) in [5.41, 5.74) is 2.29. The Bertz CT molecular complexity index is 460. The van der Waals surface area contributed by atoms with E-state index in [9.17, 15) is 4.21 Å². The molecule has 0 spiro atoms. The first-order chi connectivity index (χ1) is 9.42. The molecule has 20 heavy (non-hydrogen) atoms. The highest BCUT2D eigenvalue weighted by Gasteiger charge is 2.16. The summed E-state index contributed by atoms with van der Waals surface area (Å²) >= 11 is 0. The smallest absolute Gasteiger partial charge is 0.0547 e. The molecule has 0 atom stereocenters. The normalized spacial score (nSPS) is 18.4. The second kappa shape index (κ2) is 6.78. The first-order valence-electron chi connectivity index (χ1n) is 7.19. The largest absolute Gasteiger partial charge is 0.306 e. The van der Waals surface area contributed by atoms with Crippen LogP contribution in [0.15, 0.2) is 18.2 Å². The molecule has 2 heterocycles. The zero-order chi connectivity index (χ0) is 14.6. The first-order valence-corrected chi connectivity index (χ1v) is 8.68. The Morgan fingerprint density at radius 2 is 1.90 bits per heavy atom. The number of rotatable bonds is 4.